The van der Waals surface area contributed by atoms with Crippen LogP contribution in [0.15, 0.2) is 12.4 Å². The number of aromatic nitrogens is 2. The third kappa shape index (κ3) is 2.57. The summed E-state index contributed by atoms with van der Waals surface area (Å²) in [5.41, 5.74) is 17.2. The lowest BCUT2D eigenvalue weighted by Gasteiger charge is -2.04. The van der Waals surface area contributed by atoms with Crippen molar-refractivity contribution in [3.8, 4) is 0 Å². The van der Waals surface area contributed by atoms with Gasteiger partial charge in [0.05, 0.1) is 17.4 Å². The Labute approximate surface area is 118 Å². The fraction of sp³-hybridized carbons (Fsp3) is 0.182. The van der Waals surface area contributed by atoms with E-state index < -0.39 is 11.8 Å². The molecule has 0 aromatic carbocycles. The summed E-state index contributed by atoms with van der Waals surface area (Å²) in [6.45, 7) is 0.423. The van der Waals surface area contributed by atoms with Crippen LogP contribution in [0.25, 0.3) is 0 Å². The van der Waals surface area contributed by atoms with E-state index >= 15 is 0 Å². The SMILES string of the molecule is Cn1cc(CNc2sc(C(N)=O)c(N)c2C(N)=O)cn1. The van der Waals surface area contributed by atoms with E-state index in [1.165, 1.54) is 0 Å². The summed E-state index contributed by atoms with van der Waals surface area (Å²) < 4.78 is 1.66. The van der Waals surface area contributed by atoms with Gasteiger partial charge in [0.1, 0.15) is 9.88 Å². The number of nitrogens with one attached hydrogen (secondary N) is 1. The molecule has 0 atom stereocenters. The van der Waals surface area contributed by atoms with Gasteiger partial charge in [0, 0.05) is 25.4 Å². The normalized spacial score (nSPS) is 10.4. The van der Waals surface area contributed by atoms with E-state index in [4.69, 9.17) is 17.2 Å². The lowest BCUT2D eigenvalue weighted by molar-refractivity contribution is 0.0999. The fourth-order valence-corrected chi connectivity index (χ4v) is 2.72. The maximum Gasteiger partial charge on any atom is 0.260 e. The van der Waals surface area contributed by atoms with Crippen molar-refractivity contribution in [2.24, 2.45) is 18.5 Å². The Kier molecular flexibility index (Phi) is 3.61. The van der Waals surface area contributed by atoms with Gasteiger partial charge in [-0.15, -0.1) is 11.3 Å². The van der Waals surface area contributed by atoms with Gasteiger partial charge in [0.15, 0.2) is 0 Å². The van der Waals surface area contributed by atoms with E-state index in [0.717, 1.165) is 16.9 Å². The number of hydrogen-bond acceptors (Lipinski definition) is 6. The topological polar surface area (TPSA) is 142 Å². The predicted molar refractivity (Wildman–Crippen MR) is 76.3 cm³/mol. The van der Waals surface area contributed by atoms with Crippen LogP contribution in [0, 0.1) is 0 Å². The molecule has 7 N–H and O–H groups in total. The lowest BCUT2D eigenvalue weighted by Crippen LogP contribution is -2.16. The molecule has 2 rings (SSSR count). The summed E-state index contributed by atoms with van der Waals surface area (Å²) >= 11 is 1.01. The molecule has 0 radical (unpaired) electrons. The maximum atomic E-state index is 11.4. The van der Waals surface area contributed by atoms with Crippen molar-refractivity contribution in [3.05, 3.63) is 28.4 Å². The second kappa shape index (κ2) is 5.21. The van der Waals surface area contributed by atoms with E-state index in [1.54, 1.807) is 17.9 Å². The quantitative estimate of drug-likeness (QED) is 0.607. The van der Waals surface area contributed by atoms with E-state index in [9.17, 15) is 9.59 Å². The molecule has 0 aliphatic heterocycles. The number of rotatable bonds is 5. The Morgan fingerprint density at radius 2 is 2.10 bits per heavy atom. The molecular formula is C11H14N6O2S. The first-order chi connectivity index (χ1) is 9.40. The van der Waals surface area contributed by atoms with Gasteiger partial charge in [-0.3, -0.25) is 14.3 Å². The van der Waals surface area contributed by atoms with Crippen LogP contribution >= 0.6 is 11.3 Å². The van der Waals surface area contributed by atoms with Gasteiger partial charge in [0.2, 0.25) is 0 Å². The van der Waals surface area contributed by atoms with Crippen molar-refractivity contribution in [1.29, 1.82) is 0 Å². The minimum absolute atomic E-state index is 0.0173. The molecule has 0 unspecified atom stereocenters. The second-order valence-electron chi connectivity index (χ2n) is 4.15. The van der Waals surface area contributed by atoms with Crippen LogP contribution < -0.4 is 22.5 Å². The summed E-state index contributed by atoms with van der Waals surface area (Å²) in [4.78, 5) is 22.8. The second-order valence-corrected chi connectivity index (χ2v) is 5.17. The standard InChI is InChI=1S/C11H14N6O2S/c1-17-4-5(3-16-17)2-15-11-6(9(13)18)7(12)8(20-11)10(14)19/h3-4,15H,2,12H2,1H3,(H2,13,18)(H2,14,19). The lowest BCUT2D eigenvalue weighted by atomic mass is 10.2. The van der Waals surface area contributed by atoms with Gasteiger partial charge in [-0.05, 0) is 0 Å². The van der Waals surface area contributed by atoms with Crippen LogP contribution in [-0.4, -0.2) is 21.6 Å². The molecule has 20 heavy (non-hydrogen) atoms. The first-order valence-corrected chi connectivity index (χ1v) is 6.45. The minimum atomic E-state index is -0.708. The number of nitrogen functional groups attached to an aromatic ring is 1. The van der Waals surface area contributed by atoms with E-state index in [-0.39, 0.29) is 16.1 Å². The van der Waals surface area contributed by atoms with Crippen molar-refractivity contribution >= 4 is 33.8 Å². The van der Waals surface area contributed by atoms with E-state index in [0.29, 0.717) is 11.5 Å². The largest absolute Gasteiger partial charge is 0.397 e. The van der Waals surface area contributed by atoms with E-state index in [1.807, 2.05) is 6.20 Å². The van der Waals surface area contributed by atoms with Crippen LogP contribution in [0.4, 0.5) is 10.7 Å². The number of hydrogen-bond donors (Lipinski definition) is 4. The molecular weight excluding hydrogens is 280 g/mol. The first kappa shape index (κ1) is 13.9. The zero-order chi connectivity index (χ0) is 14.9. The Morgan fingerprint density at radius 3 is 2.60 bits per heavy atom. The number of carbonyl (C=O) groups is 2. The monoisotopic (exact) mass is 294 g/mol. The van der Waals surface area contributed by atoms with Gasteiger partial charge >= 0.3 is 0 Å². The molecule has 0 fully saturated rings. The molecule has 0 aliphatic rings. The number of nitrogens with two attached hydrogens (primary N) is 3. The Bertz CT molecular complexity index is 675. The number of carbonyl (C=O) groups excluding carboxylic acids is 2. The van der Waals surface area contributed by atoms with Crippen molar-refractivity contribution in [3.63, 3.8) is 0 Å². The molecule has 0 saturated carbocycles. The molecule has 2 aromatic heterocycles. The minimum Gasteiger partial charge on any atom is -0.397 e. The average molecular weight is 294 g/mol. The van der Waals surface area contributed by atoms with Crippen molar-refractivity contribution in [2.45, 2.75) is 6.54 Å². The number of thiophene rings is 1. The van der Waals surface area contributed by atoms with E-state index in [2.05, 4.69) is 10.4 Å². The molecule has 0 spiro atoms. The van der Waals surface area contributed by atoms with Crippen LogP contribution in [-0.2, 0) is 13.6 Å². The van der Waals surface area contributed by atoms with Gasteiger partial charge in [0.25, 0.3) is 11.8 Å². The highest BCUT2D eigenvalue weighted by Gasteiger charge is 2.22. The molecule has 2 aromatic rings. The molecule has 106 valence electrons. The summed E-state index contributed by atoms with van der Waals surface area (Å²) in [7, 11) is 1.80. The number of primary amides is 2. The van der Waals surface area contributed by atoms with Gasteiger partial charge in [-0.25, -0.2) is 0 Å². The number of aryl methyl sites for hydroxylation is 1. The number of amides is 2. The summed E-state index contributed by atoms with van der Waals surface area (Å²) in [5.74, 6) is -1.40. The highest BCUT2D eigenvalue weighted by molar-refractivity contribution is 7.19. The molecule has 0 aliphatic carbocycles. The summed E-state index contributed by atoms with van der Waals surface area (Å²) in [6, 6.07) is 0. The molecule has 2 heterocycles. The zero-order valence-corrected chi connectivity index (χ0v) is 11.5. The van der Waals surface area contributed by atoms with Crippen molar-refractivity contribution < 1.29 is 9.59 Å². The van der Waals surface area contributed by atoms with Crippen LogP contribution in [0.2, 0.25) is 0 Å². The highest BCUT2D eigenvalue weighted by Crippen LogP contribution is 2.35. The molecule has 8 nitrogen and oxygen atoms in total. The molecule has 0 saturated heterocycles. The molecule has 2 amide bonds. The van der Waals surface area contributed by atoms with Gasteiger partial charge < -0.3 is 22.5 Å². The van der Waals surface area contributed by atoms with Gasteiger partial charge in [-0.2, -0.15) is 5.10 Å². The third-order valence-electron chi connectivity index (χ3n) is 2.63. The zero-order valence-electron chi connectivity index (χ0n) is 10.7. The maximum absolute atomic E-state index is 11.4. The average Bonchev–Trinajstić information content (AvgIpc) is 2.90. The highest BCUT2D eigenvalue weighted by atomic mass is 32.1. The Balaban J connectivity index is 2.28. The smallest absolute Gasteiger partial charge is 0.260 e. The Morgan fingerprint density at radius 1 is 1.40 bits per heavy atom. The summed E-state index contributed by atoms with van der Waals surface area (Å²) in [6.07, 6.45) is 3.51. The third-order valence-corrected chi connectivity index (χ3v) is 3.80. The first-order valence-electron chi connectivity index (χ1n) is 5.63. The molecule has 9 heteroatoms. The summed E-state index contributed by atoms with van der Waals surface area (Å²) in [5, 5.41) is 7.47. The van der Waals surface area contributed by atoms with Crippen LogP contribution in [0.5, 0.6) is 0 Å². The van der Waals surface area contributed by atoms with Crippen LogP contribution in [0.1, 0.15) is 25.6 Å². The van der Waals surface area contributed by atoms with Crippen LogP contribution in [0.3, 0.4) is 0 Å². The van der Waals surface area contributed by atoms with Gasteiger partial charge in [-0.1, -0.05) is 0 Å². The fourth-order valence-electron chi connectivity index (χ4n) is 1.74. The van der Waals surface area contributed by atoms with Crippen molar-refractivity contribution in [1.82, 2.24) is 9.78 Å². The predicted octanol–water partition coefficient (Wildman–Crippen LogP) is -0.126. The number of nitrogens with zero attached hydrogens (tertiary/aromatic N) is 2. The molecule has 0 bridgehead atoms. The number of anilines is 2. The van der Waals surface area contributed by atoms with Crippen molar-refractivity contribution in [2.75, 3.05) is 11.1 Å². The Hall–Kier alpha value is -2.55.